The van der Waals surface area contributed by atoms with Crippen molar-refractivity contribution >= 4 is 17.3 Å². The fourth-order valence-corrected chi connectivity index (χ4v) is 3.91. The molecule has 176 valence electrons. The van der Waals surface area contributed by atoms with Crippen LogP contribution in [0.2, 0.25) is 0 Å². The molecule has 0 aliphatic rings. The van der Waals surface area contributed by atoms with Gasteiger partial charge < -0.3 is 15.7 Å². The van der Waals surface area contributed by atoms with Crippen LogP contribution in [0, 0.1) is 13.5 Å². The van der Waals surface area contributed by atoms with E-state index in [1.54, 1.807) is 35.9 Å². The van der Waals surface area contributed by atoms with Gasteiger partial charge in [0.1, 0.15) is 5.69 Å². The molecule has 0 fully saturated rings. The van der Waals surface area contributed by atoms with E-state index in [0.29, 0.717) is 35.0 Å². The van der Waals surface area contributed by atoms with Gasteiger partial charge in [0.2, 0.25) is 0 Å². The van der Waals surface area contributed by atoms with Crippen LogP contribution in [-0.4, -0.2) is 33.4 Å². The van der Waals surface area contributed by atoms with Crippen molar-refractivity contribution < 1.29 is 9.90 Å². The second kappa shape index (κ2) is 10.8. The zero-order valence-corrected chi connectivity index (χ0v) is 19.6. The molecule has 1 amide bonds. The van der Waals surface area contributed by atoms with E-state index >= 15 is 0 Å². The number of anilines is 1. The molecule has 1 heterocycles. The maximum atomic E-state index is 13.3. The van der Waals surface area contributed by atoms with Gasteiger partial charge >= 0.3 is 0 Å². The molecule has 0 aliphatic carbocycles. The number of nitrogens with zero attached hydrogens (tertiary/aromatic N) is 3. The minimum atomic E-state index is -0.492. The van der Waals surface area contributed by atoms with E-state index in [1.807, 2.05) is 67.6 Å². The molecule has 4 aromatic rings. The average Bonchev–Trinajstić information content (AvgIpc) is 3.27. The van der Waals surface area contributed by atoms with E-state index in [9.17, 15) is 9.90 Å². The molecule has 2 unspecified atom stereocenters. The molecule has 0 radical (unpaired) electrons. The lowest BCUT2D eigenvalue weighted by atomic mass is 9.98. The smallest absolute Gasteiger partial charge is 0.274 e. The predicted molar refractivity (Wildman–Crippen MR) is 137 cm³/mol. The predicted octanol–water partition coefficient (Wildman–Crippen LogP) is 5.04. The monoisotopic (exact) mass is 465 g/mol. The summed E-state index contributed by atoms with van der Waals surface area (Å²) < 4.78 is 1.56. The lowest BCUT2D eigenvalue weighted by Gasteiger charge is -2.21. The highest BCUT2D eigenvalue weighted by atomic mass is 16.3. The highest BCUT2D eigenvalue weighted by Gasteiger charge is 2.18. The van der Waals surface area contributed by atoms with E-state index < -0.39 is 6.10 Å². The number of aliphatic hydroxyl groups excluding tert-OH is 1. The summed E-state index contributed by atoms with van der Waals surface area (Å²) in [5.74, 6) is -0.302. The lowest BCUT2D eigenvalue weighted by molar-refractivity contribution is 0.101. The molecule has 3 aromatic carbocycles. The van der Waals surface area contributed by atoms with Crippen LogP contribution in [0.5, 0.6) is 0 Å². The molecular formula is C28H27N5O2. The lowest BCUT2D eigenvalue weighted by Crippen LogP contribution is -2.29. The topological polar surface area (TPSA) is 83.5 Å². The van der Waals surface area contributed by atoms with Crippen molar-refractivity contribution in [1.29, 1.82) is 0 Å². The summed E-state index contributed by atoms with van der Waals surface area (Å²) in [6.07, 6.45) is -0.492. The van der Waals surface area contributed by atoms with Crippen LogP contribution in [0.15, 0.2) is 84.9 Å². The third-order valence-electron chi connectivity index (χ3n) is 5.50. The van der Waals surface area contributed by atoms with Crippen LogP contribution in [0.4, 0.5) is 11.4 Å². The Balaban J connectivity index is 1.61. The molecular weight excluding hydrogens is 438 g/mol. The highest BCUT2D eigenvalue weighted by Crippen LogP contribution is 2.25. The summed E-state index contributed by atoms with van der Waals surface area (Å²) in [6.45, 7) is 11.3. The summed E-state index contributed by atoms with van der Waals surface area (Å²) in [4.78, 5) is 16.7. The van der Waals surface area contributed by atoms with Crippen LogP contribution in [0.1, 0.15) is 40.3 Å². The third kappa shape index (κ3) is 5.82. The van der Waals surface area contributed by atoms with Gasteiger partial charge in [0.25, 0.3) is 5.91 Å². The van der Waals surface area contributed by atoms with Gasteiger partial charge in [-0.3, -0.25) is 4.79 Å². The number of aryl methyl sites for hydroxylation is 1. The van der Waals surface area contributed by atoms with Crippen molar-refractivity contribution in [2.24, 2.45) is 0 Å². The van der Waals surface area contributed by atoms with Crippen molar-refractivity contribution in [3.05, 3.63) is 119 Å². The fourth-order valence-electron chi connectivity index (χ4n) is 3.91. The van der Waals surface area contributed by atoms with Gasteiger partial charge in [-0.15, -0.1) is 0 Å². The largest absolute Gasteiger partial charge is 0.392 e. The van der Waals surface area contributed by atoms with Gasteiger partial charge in [0.15, 0.2) is 5.69 Å². The number of nitrogens with one attached hydrogen (secondary N) is 2. The molecule has 4 rings (SSSR count). The normalized spacial score (nSPS) is 12.5. The third-order valence-corrected chi connectivity index (χ3v) is 5.50. The molecule has 7 heteroatoms. The number of aromatic nitrogens is 2. The molecule has 1 aromatic heterocycles. The van der Waals surface area contributed by atoms with Crippen molar-refractivity contribution in [2.75, 3.05) is 11.9 Å². The Kier molecular flexibility index (Phi) is 7.36. The van der Waals surface area contributed by atoms with Gasteiger partial charge in [-0.2, -0.15) is 5.10 Å². The molecule has 35 heavy (non-hydrogen) atoms. The van der Waals surface area contributed by atoms with Gasteiger partial charge in [-0.25, -0.2) is 9.53 Å². The summed E-state index contributed by atoms with van der Waals surface area (Å²) in [7, 11) is 0. The second-order valence-corrected chi connectivity index (χ2v) is 8.39. The summed E-state index contributed by atoms with van der Waals surface area (Å²) in [5, 5.41) is 20.7. The van der Waals surface area contributed by atoms with Crippen molar-refractivity contribution in [1.82, 2.24) is 15.1 Å². The fraction of sp³-hybridized carbons (Fsp3) is 0.179. The maximum absolute atomic E-state index is 13.3. The van der Waals surface area contributed by atoms with Crippen molar-refractivity contribution in [3.63, 3.8) is 0 Å². The summed E-state index contributed by atoms with van der Waals surface area (Å²) >= 11 is 0. The molecule has 3 N–H and O–H groups in total. The van der Waals surface area contributed by atoms with Gasteiger partial charge in [-0.1, -0.05) is 54.6 Å². The Morgan fingerprint density at radius 1 is 1.03 bits per heavy atom. The first-order valence-corrected chi connectivity index (χ1v) is 11.4. The Bertz CT molecular complexity index is 1360. The zero-order valence-electron chi connectivity index (χ0n) is 19.6. The quantitative estimate of drug-likeness (QED) is 0.318. The van der Waals surface area contributed by atoms with Gasteiger partial charge in [0.05, 0.1) is 30.1 Å². The summed E-state index contributed by atoms with van der Waals surface area (Å²) in [6, 6.07) is 26.2. The molecule has 2 atom stereocenters. The van der Waals surface area contributed by atoms with E-state index in [4.69, 9.17) is 6.57 Å². The van der Waals surface area contributed by atoms with Crippen LogP contribution < -0.4 is 10.6 Å². The van der Waals surface area contributed by atoms with Gasteiger partial charge in [0, 0.05) is 12.2 Å². The average molecular weight is 466 g/mol. The molecule has 0 bridgehead atoms. The molecule has 0 aliphatic heterocycles. The Hall–Kier alpha value is -4.25. The summed E-state index contributed by atoms with van der Waals surface area (Å²) in [5.41, 5.74) is 4.87. The first-order chi connectivity index (χ1) is 16.9. The van der Waals surface area contributed by atoms with E-state index in [-0.39, 0.29) is 11.9 Å². The highest BCUT2D eigenvalue weighted by molar-refractivity contribution is 6.03. The zero-order chi connectivity index (χ0) is 24.8. The first kappa shape index (κ1) is 23.9. The number of hydrogen-bond donors (Lipinski definition) is 3. The maximum Gasteiger partial charge on any atom is 0.274 e. The minimum Gasteiger partial charge on any atom is -0.392 e. The number of carbonyl (C=O) groups is 1. The molecule has 0 saturated carbocycles. The molecule has 7 nitrogen and oxygen atoms in total. The Morgan fingerprint density at radius 2 is 1.77 bits per heavy atom. The van der Waals surface area contributed by atoms with E-state index in [2.05, 4.69) is 20.6 Å². The minimum absolute atomic E-state index is 0.146. The van der Waals surface area contributed by atoms with Crippen molar-refractivity contribution in [3.8, 4) is 5.69 Å². The molecule has 0 saturated heterocycles. The van der Waals surface area contributed by atoms with Crippen LogP contribution in [0.25, 0.3) is 10.5 Å². The number of aliphatic hydroxyl groups is 1. The number of rotatable bonds is 8. The van der Waals surface area contributed by atoms with Gasteiger partial charge in [-0.05, 0) is 55.3 Å². The molecule has 0 spiro atoms. The van der Waals surface area contributed by atoms with E-state index in [1.165, 1.54) is 0 Å². The SMILES string of the molecule is [C-]#[N+]c1cccc(-n2nc(C)cc2C(=O)Nc2cccc(C(NCC(C)O)c3ccccc3)c2)c1. The first-order valence-electron chi connectivity index (χ1n) is 11.4. The van der Waals surface area contributed by atoms with Crippen LogP contribution >= 0.6 is 0 Å². The number of amides is 1. The Labute approximate surface area is 204 Å². The standard InChI is InChI=1S/C28H27N5O2/c1-19-15-26(33(32-19)25-14-8-12-23(17-25)29-3)28(35)31-24-13-7-11-22(16-24)27(30-18-20(2)34)21-9-5-4-6-10-21/h4-17,20,27,30,34H,18H2,1-2H3,(H,31,35). The second-order valence-electron chi connectivity index (χ2n) is 8.39. The number of benzene rings is 3. The number of carbonyl (C=O) groups excluding carboxylic acids is 1. The van der Waals surface area contributed by atoms with Crippen LogP contribution in [-0.2, 0) is 0 Å². The number of hydrogen-bond acceptors (Lipinski definition) is 4. The van der Waals surface area contributed by atoms with E-state index in [0.717, 1.165) is 11.1 Å². The Morgan fingerprint density at radius 3 is 2.51 bits per heavy atom. The van der Waals surface area contributed by atoms with Crippen LogP contribution in [0.3, 0.4) is 0 Å². The van der Waals surface area contributed by atoms with Crippen molar-refractivity contribution in [2.45, 2.75) is 26.0 Å².